The summed E-state index contributed by atoms with van der Waals surface area (Å²) in [5.74, 6) is 2.03. The zero-order chi connectivity index (χ0) is 10.8. The van der Waals surface area contributed by atoms with Gasteiger partial charge < -0.3 is 4.90 Å². The highest BCUT2D eigenvalue weighted by Crippen LogP contribution is 2.49. The molecule has 0 spiro atoms. The molecule has 2 aliphatic rings. The molecule has 1 saturated carbocycles. The summed E-state index contributed by atoms with van der Waals surface area (Å²) in [6.07, 6.45) is 4.40. The van der Waals surface area contributed by atoms with Gasteiger partial charge in [0, 0.05) is 6.54 Å². The molecule has 1 aliphatic carbocycles. The minimum absolute atomic E-state index is 0.624. The van der Waals surface area contributed by atoms with Gasteiger partial charge in [0.05, 0.1) is 0 Å². The summed E-state index contributed by atoms with van der Waals surface area (Å²) in [5, 5.41) is 0. The van der Waals surface area contributed by atoms with Gasteiger partial charge in [-0.2, -0.15) is 0 Å². The first-order valence-electron chi connectivity index (χ1n) is 6.28. The first kappa shape index (κ1) is 12.0. The normalized spacial score (nSPS) is 35.8. The maximum atomic E-state index is 2.51. The first-order chi connectivity index (χ1) is 6.59. The van der Waals surface area contributed by atoms with E-state index < -0.39 is 0 Å². The molecule has 1 aliphatic heterocycles. The minimum Gasteiger partial charge on any atom is -0.306 e. The third-order valence-corrected chi connectivity index (χ3v) is 4.12. The molecule has 1 heteroatoms. The van der Waals surface area contributed by atoms with Crippen LogP contribution >= 0.6 is 0 Å². The Balaban J connectivity index is 0.000000461. The second-order valence-electron chi connectivity index (χ2n) is 5.44. The Labute approximate surface area is 89.9 Å². The number of hydrogen-bond acceptors (Lipinski definition) is 1. The van der Waals surface area contributed by atoms with Gasteiger partial charge in [0.15, 0.2) is 0 Å². The molecular weight excluding hydrogens is 170 g/mol. The van der Waals surface area contributed by atoms with Crippen LogP contribution in [0.25, 0.3) is 0 Å². The summed E-state index contributed by atoms with van der Waals surface area (Å²) in [6, 6.07) is 0. The third-order valence-electron chi connectivity index (χ3n) is 4.12. The highest BCUT2D eigenvalue weighted by atomic mass is 15.1. The van der Waals surface area contributed by atoms with Crippen molar-refractivity contribution in [1.29, 1.82) is 0 Å². The molecule has 2 fully saturated rings. The van der Waals surface area contributed by atoms with E-state index in [1.165, 1.54) is 32.4 Å². The lowest BCUT2D eigenvalue weighted by Crippen LogP contribution is -2.40. The van der Waals surface area contributed by atoms with Gasteiger partial charge in [-0.05, 0) is 50.1 Å². The number of likely N-dealkylation sites (tertiary alicyclic amines) is 1. The molecule has 1 heterocycles. The quantitative estimate of drug-likeness (QED) is 0.575. The van der Waals surface area contributed by atoms with Crippen LogP contribution in [0.1, 0.15) is 47.0 Å². The predicted octanol–water partition coefficient (Wildman–Crippen LogP) is 3.40. The van der Waals surface area contributed by atoms with Crippen molar-refractivity contribution in [1.82, 2.24) is 4.90 Å². The topological polar surface area (TPSA) is 3.24 Å². The van der Waals surface area contributed by atoms with Gasteiger partial charge in [0.25, 0.3) is 0 Å². The Kier molecular flexibility index (Phi) is 4.00. The Morgan fingerprint density at radius 3 is 2.43 bits per heavy atom. The summed E-state index contributed by atoms with van der Waals surface area (Å²) in [4.78, 5) is 2.51. The van der Waals surface area contributed by atoms with Crippen LogP contribution in [-0.2, 0) is 0 Å². The van der Waals surface area contributed by atoms with Crippen molar-refractivity contribution in [3.05, 3.63) is 0 Å². The van der Waals surface area contributed by atoms with Gasteiger partial charge >= 0.3 is 0 Å². The highest BCUT2D eigenvalue weighted by molar-refractivity contribution is 4.94. The van der Waals surface area contributed by atoms with E-state index >= 15 is 0 Å². The van der Waals surface area contributed by atoms with Gasteiger partial charge in [-0.15, -0.1) is 0 Å². The van der Waals surface area contributed by atoms with E-state index in [2.05, 4.69) is 25.8 Å². The summed E-state index contributed by atoms with van der Waals surface area (Å²) in [5.41, 5.74) is 0.624. The zero-order valence-corrected chi connectivity index (χ0v) is 10.6. The molecule has 1 nitrogen and oxygen atoms in total. The average molecular weight is 197 g/mol. The Bertz CT molecular complexity index is 174. The maximum Gasteiger partial charge on any atom is 0.00144 e. The molecule has 0 N–H and O–H groups in total. The summed E-state index contributed by atoms with van der Waals surface area (Å²) in [7, 11) is 2.27. The van der Waals surface area contributed by atoms with Gasteiger partial charge in [0.2, 0.25) is 0 Å². The number of fused-ring (bicyclic) bond motifs is 1. The molecule has 0 bridgehead atoms. The van der Waals surface area contributed by atoms with E-state index in [-0.39, 0.29) is 0 Å². The molecule has 2 atom stereocenters. The summed E-state index contributed by atoms with van der Waals surface area (Å²) < 4.78 is 0. The van der Waals surface area contributed by atoms with Crippen LogP contribution < -0.4 is 0 Å². The standard InChI is InChI=1S/C11H21N.C2H6/c1-11(2)6-4-9-5-7-12(3)8-10(9)11;1-2/h9-10H,4-8H2,1-3H3;1-2H3. The Hall–Kier alpha value is -0.0400. The Morgan fingerprint density at radius 1 is 1.14 bits per heavy atom. The third kappa shape index (κ3) is 2.31. The number of nitrogens with zero attached hydrogens (tertiary/aromatic N) is 1. The molecule has 0 aromatic rings. The second kappa shape index (κ2) is 4.65. The molecule has 0 aromatic heterocycles. The van der Waals surface area contributed by atoms with Crippen molar-refractivity contribution in [3.8, 4) is 0 Å². The van der Waals surface area contributed by atoms with Crippen LogP contribution in [0, 0.1) is 17.3 Å². The monoisotopic (exact) mass is 197 g/mol. The fourth-order valence-electron chi connectivity index (χ4n) is 3.14. The van der Waals surface area contributed by atoms with Crippen LogP contribution in [0.15, 0.2) is 0 Å². The van der Waals surface area contributed by atoms with E-state index in [1.807, 2.05) is 13.8 Å². The van der Waals surface area contributed by atoms with Crippen molar-refractivity contribution in [2.75, 3.05) is 20.1 Å². The number of piperidine rings is 1. The maximum absolute atomic E-state index is 2.51. The van der Waals surface area contributed by atoms with Gasteiger partial charge in [-0.3, -0.25) is 0 Å². The van der Waals surface area contributed by atoms with Crippen LogP contribution in [0.3, 0.4) is 0 Å². The summed E-state index contributed by atoms with van der Waals surface area (Å²) >= 11 is 0. The van der Waals surface area contributed by atoms with Crippen molar-refractivity contribution in [3.63, 3.8) is 0 Å². The average Bonchev–Trinajstić information content (AvgIpc) is 2.46. The molecule has 0 radical (unpaired) electrons. The molecular formula is C13H27N. The van der Waals surface area contributed by atoms with E-state index in [4.69, 9.17) is 0 Å². The van der Waals surface area contributed by atoms with Crippen molar-refractivity contribution in [2.24, 2.45) is 17.3 Å². The van der Waals surface area contributed by atoms with Crippen molar-refractivity contribution in [2.45, 2.75) is 47.0 Å². The molecule has 84 valence electrons. The molecule has 0 aromatic carbocycles. The van der Waals surface area contributed by atoms with Crippen LogP contribution in [0.2, 0.25) is 0 Å². The predicted molar refractivity (Wildman–Crippen MR) is 63.5 cm³/mol. The van der Waals surface area contributed by atoms with E-state index in [1.54, 1.807) is 0 Å². The molecule has 0 amide bonds. The van der Waals surface area contributed by atoms with Gasteiger partial charge in [-0.25, -0.2) is 0 Å². The molecule has 2 rings (SSSR count). The number of rotatable bonds is 0. The lowest BCUT2D eigenvalue weighted by molar-refractivity contribution is 0.101. The Morgan fingerprint density at radius 2 is 1.79 bits per heavy atom. The summed E-state index contributed by atoms with van der Waals surface area (Å²) in [6.45, 7) is 11.6. The zero-order valence-electron chi connectivity index (χ0n) is 10.6. The van der Waals surface area contributed by atoms with Crippen LogP contribution in [0.5, 0.6) is 0 Å². The minimum atomic E-state index is 0.624. The first-order valence-corrected chi connectivity index (χ1v) is 6.28. The fraction of sp³-hybridized carbons (Fsp3) is 1.00. The van der Waals surface area contributed by atoms with Crippen LogP contribution in [0.4, 0.5) is 0 Å². The molecule has 1 saturated heterocycles. The largest absolute Gasteiger partial charge is 0.306 e. The van der Waals surface area contributed by atoms with Gasteiger partial charge in [0.1, 0.15) is 0 Å². The lowest BCUT2D eigenvalue weighted by Gasteiger charge is -2.38. The van der Waals surface area contributed by atoms with Crippen LogP contribution in [-0.4, -0.2) is 25.0 Å². The molecule has 14 heavy (non-hydrogen) atoms. The fourth-order valence-corrected chi connectivity index (χ4v) is 3.14. The van der Waals surface area contributed by atoms with E-state index in [0.717, 1.165) is 11.8 Å². The highest BCUT2D eigenvalue weighted by Gasteiger charge is 2.43. The van der Waals surface area contributed by atoms with E-state index in [0.29, 0.717) is 5.41 Å². The molecule has 2 unspecified atom stereocenters. The SMILES string of the molecule is CC.CN1CCC2CCC(C)(C)C2C1. The second-order valence-corrected chi connectivity index (χ2v) is 5.44. The number of hydrogen-bond donors (Lipinski definition) is 0. The lowest BCUT2D eigenvalue weighted by atomic mass is 9.76. The van der Waals surface area contributed by atoms with Crippen molar-refractivity contribution >= 4 is 0 Å². The smallest absolute Gasteiger partial charge is 0.00144 e. The van der Waals surface area contributed by atoms with Crippen molar-refractivity contribution < 1.29 is 0 Å². The van der Waals surface area contributed by atoms with E-state index in [9.17, 15) is 0 Å². The van der Waals surface area contributed by atoms with Gasteiger partial charge in [-0.1, -0.05) is 27.7 Å².